The third-order valence-corrected chi connectivity index (χ3v) is 3.61. The molecule has 0 atom stereocenters. The summed E-state index contributed by atoms with van der Waals surface area (Å²) in [5.74, 6) is -0.455. The zero-order chi connectivity index (χ0) is 17.1. The van der Waals surface area contributed by atoms with Crippen LogP contribution in [0.25, 0.3) is 0 Å². The molecule has 24 heavy (non-hydrogen) atoms. The molecule has 1 aliphatic rings. The van der Waals surface area contributed by atoms with Crippen molar-refractivity contribution in [3.63, 3.8) is 0 Å². The van der Waals surface area contributed by atoms with Crippen molar-refractivity contribution in [1.82, 2.24) is 0 Å². The van der Waals surface area contributed by atoms with Crippen molar-refractivity contribution in [2.45, 2.75) is 0 Å². The number of esters is 1. The summed E-state index contributed by atoms with van der Waals surface area (Å²) in [5, 5.41) is 9.92. The molecule has 3 rings (SSSR count). The molecule has 2 aromatic rings. The molecule has 0 radical (unpaired) electrons. The van der Waals surface area contributed by atoms with Gasteiger partial charge in [0.1, 0.15) is 24.5 Å². The van der Waals surface area contributed by atoms with Crippen LogP contribution in [0.2, 0.25) is 5.02 Å². The number of ether oxygens (including phenoxy) is 3. The predicted molar refractivity (Wildman–Crippen MR) is 85.2 cm³/mol. The Kier molecular flexibility index (Phi) is 4.57. The van der Waals surface area contributed by atoms with Crippen LogP contribution in [-0.4, -0.2) is 36.7 Å². The first-order valence-corrected chi connectivity index (χ1v) is 7.51. The summed E-state index contributed by atoms with van der Waals surface area (Å²) in [6.07, 6.45) is 0. The van der Waals surface area contributed by atoms with Crippen molar-refractivity contribution in [2.75, 3.05) is 19.8 Å². The van der Waals surface area contributed by atoms with E-state index in [1.165, 1.54) is 18.2 Å². The lowest BCUT2D eigenvalue weighted by molar-refractivity contribution is 0.0471. The molecule has 1 heterocycles. The zero-order valence-electron chi connectivity index (χ0n) is 12.5. The number of Topliss-reactive ketones (excluding diaryl/α,β-unsaturated/α-hetero) is 1. The van der Waals surface area contributed by atoms with Crippen LogP contribution in [0.3, 0.4) is 0 Å². The number of halogens is 1. The summed E-state index contributed by atoms with van der Waals surface area (Å²) in [7, 11) is 0. The van der Waals surface area contributed by atoms with Crippen molar-refractivity contribution >= 4 is 23.4 Å². The van der Waals surface area contributed by atoms with Gasteiger partial charge in [-0.3, -0.25) is 4.79 Å². The highest BCUT2D eigenvalue weighted by molar-refractivity contribution is 6.31. The number of benzene rings is 2. The first-order valence-electron chi connectivity index (χ1n) is 7.13. The Morgan fingerprint density at radius 1 is 1.08 bits per heavy atom. The van der Waals surface area contributed by atoms with Crippen LogP contribution >= 0.6 is 11.6 Å². The highest BCUT2D eigenvalue weighted by Gasteiger charge is 2.18. The van der Waals surface area contributed by atoms with E-state index in [1.54, 1.807) is 18.2 Å². The number of carbonyl (C=O) groups excluding carboxylic acids is 2. The first kappa shape index (κ1) is 16.1. The van der Waals surface area contributed by atoms with Crippen LogP contribution in [0.4, 0.5) is 0 Å². The van der Waals surface area contributed by atoms with E-state index in [0.29, 0.717) is 30.3 Å². The quantitative estimate of drug-likeness (QED) is 0.676. The number of phenolic OH excluding ortho intramolecular Hbond substituents is 1. The highest BCUT2D eigenvalue weighted by atomic mass is 35.5. The maximum atomic E-state index is 12.2. The Balaban J connectivity index is 1.67. The normalized spacial score (nSPS) is 12.5. The summed E-state index contributed by atoms with van der Waals surface area (Å²) >= 11 is 5.78. The smallest absolute Gasteiger partial charge is 0.342 e. The number of hydrogen-bond acceptors (Lipinski definition) is 6. The monoisotopic (exact) mass is 348 g/mol. The fourth-order valence-electron chi connectivity index (χ4n) is 2.18. The van der Waals surface area contributed by atoms with Gasteiger partial charge in [0.15, 0.2) is 23.9 Å². The molecule has 0 fully saturated rings. The van der Waals surface area contributed by atoms with Crippen LogP contribution in [0.5, 0.6) is 17.2 Å². The molecule has 7 heteroatoms. The molecule has 0 spiro atoms. The Hall–Kier alpha value is -2.73. The SMILES string of the molecule is O=C(COC(=O)c1cc(Cl)ccc1O)c1ccc2c(c1)OCCO2. The summed E-state index contributed by atoms with van der Waals surface area (Å²) in [6.45, 7) is 0.402. The Labute approximate surface area is 142 Å². The van der Waals surface area contributed by atoms with Crippen LogP contribution in [0.15, 0.2) is 36.4 Å². The third-order valence-electron chi connectivity index (χ3n) is 3.38. The van der Waals surface area contributed by atoms with Crippen molar-refractivity contribution in [3.05, 3.63) is 52.5 Å². The molecular weight excluding hydrogens is 336 g/mol. The van der Waals surface area contributed by atoms with Gasteiger partial charge in [0, 0.05) is 10.6 Å². The van der Waals surface area contributed by atoms with E-state index in [0.717, 1.165) is 0 Å². The Morgan fingerprint density at radius 3 is 2.62 bits per heavy atom. The van der Waals surface area contributed by atoms with E-state index in [-0.39, 0.29) is 16.3 Å². The first-order chi connectivity index (χ1) is 11.5. The molecule has 2 aromatic carbocycles. The summed E-state index contributed by atoms with van der Waals surface area (Å²) in [6, 6.07) is 8.73. The molecule has 0 saturated heterocycles. The molecule has 0 bridgehead atoms. The van der Waals surface area contributed by atoms with E-state index in [2.05, 4.69) is 0 Å². The van der Waals surface area contributed by atoms with Crippen molar-refractivity contribution in [2.24, 2.45) is 0 Å². The molecule has 0 unspecified atom stereocenters. The fraction of sp³-hybridized carbons (Fsp3) is 0.176. The fourth-order valence-corrected chi connectivity index (χ4v) is 2.35. The van der Waals surface area contributed by atoms with Gasteiger partial charge < -0.3 is 19.3 Å². The van der Waals surface area contributed by atoms with Crippen LogP contribution in [0, 0.1) is 0 Å². The number of aromatic hydroxyl groups is 1. The van der Waals surface area contributed by atoms with E-state index < -0.39 is 18.4 Å². The number of fused-ring (bicyclic) bond motifs is 1. The van der Waals surface area contributed by atoms with Gasteiger partial charge in [-0.25, -0.2) is 4.79 Å². The number of carbonyl (C=O) groups is 2. The lowest BCUT2D eigenvalue weighted by Gasteiger charge is -2.18. The van der Waals surface area contributed by atoms with Crippen molar-refractivity contribution in [3.8, 4) is 17.2 Å². The van der Waals surface area contributed by atoms with Crippen molar-refractivity contribution in [1.29, 1.82) is 0 Å². The Bertz CT molecular complexity index is 802. The standard InChI is InChI=1S/C17H13ClO6/c18-11-2-3-13(19)12(8-11)17(21)24-9-14(20)10-1-4-15-16(7-10)23-6-5-22-15/h1-4,7-8,19H,5-6,9H2. The molecule has 1 aliphatic heterocycles. The minimum absolute atomic E-state index is 0.0996. The molecule has 124 valence electrons. The molecule has 6 nitrogen and oxygen atoms in total. The molecular formula is C17H13ClO6. The van der Waals surface area contributed by atoms with Crippen LogP contribution < -0.4 is 9.47 Å². The molecule has 0 aromatic heterocycles. The number of phenols is 1. The second-order valence-corrected chi connectivity index (χ2v) is 5.46. The van der Waals surface area contributed by atoms with Gasteiger partial charge in [0.2, 0.25) is 0 Å². The van der Waals surface area contributed by atoms with Crippen LogP contribution in [-0.2, 0) is 4.74 Å². The van der Waals surface area contributed by atoms with Gasteiger partial charge >= 0.3 is 5.97 Å². The van der Waals surface area contributed by atoms with Gasteiger partial charge in [-0.2, -0.15) is 0 Å². The van der Waals surface area contributed by atoms with Crippen molar-refractivity contribution < 1.29 is 28.9 Å². The Morgan fingerprint density at radius 2 is 1.83 bits per heavy atom. The lowest BCUT2D eigenvalue weighted by atomic mass is 10.1. The number of rotatable bonds is 4. The minimum Gasteiger partial charge on any atom is -0.507 e. The lowest BCUT2D eigenvalue weighted by Crippen LogP contribution is -2.17. The van der Waals surface area contributed by atoms with Gasteiger partial charge in [-0.05, 0) is 36.4 Å². The average Bonchev–Trinajstić information content (AvgIpc) is 2.61. The second-order valence-electron chi connectivity index (χ2n) is 5.02. The topological polar surface area (TPSA) is 82.1 Å². The molecule has 1 N–H and O–H groups in total. The number of hydrogen-bond donors (Lipinski definition) is 1. The zero-order valence-corrected chi connectivity index (χ0v) is 13.2. The summed E-state index contributed by atoms with van der Waals surface area (Å²) in [4.78, 5) is 24.1. The minimum atomic E-state index is -0.833. The predicted octanol–water partition coefficient (Wildman–Crippen LogP) is 2.86. The maximum Gasteiger partial charge on any atom is 0.342 e. The second kappa shape index (κ2) is 6.80. The molecule has 0 aliphatic carbocycles. The van der Waals surface area contributed by atoms with E-state index in [1.807, 2.05) is 0 Å². The van der Waals surface area contributed by atoms with Gasteiger partial charge in [-0.1, -0.05) is 11.6 Å². The summed E-state index contributed by atoms with van der Waals surface area (Å²) in [5.41, 5.74) is 0.236. The molecule has 0 amide bonds. The van der Waals surface area contributed by atoms with Gasteiger partial charge in [0.05, 0.1) is 0 Å². The van der Waals surface area contributed by atoms with E-state index in [4.69, 9.17) is 25.8 Å². The van der Waals surface area contributed by atoms with E-state index in [9.17, 15) is 14.7 Å². The van der Waals surface area contributed by atoms with Gasteiger partial charge in [-0.15, -0.1) is 0 Å². The highest BCUT2D eigenvalue weighted by Crippen LogP contribution is 2.31. The van der Waals surface area contributed by atoms with E-state index >= 15 is 0 Å². The average molecular weight is 349 g/mol. The molecule has 0 saturated carbocycles. The van der Waals surface area contributed by atoms with Crippen LogP contribution in [0.1, 0.15) is 20.7 Å². The van der Waals surface area contributed by atoms with Gasteiger partial charge in [0.25, 0.3) is 0 Å². The summed E-state index contributed by atoms with van der Waals surface area (Å²) < 4.78 is 15.7. The maximum absolute atomic E-state index is 12.2. The largest absolute Gasteiger partial charge is 0.507 e. The third kappa shape index (κ3) is 3.44. The number of ketones is 1.